The molecule has 2 aromatic rings. The fourth-order valence-corrected chi connectivity index (χ4v) is 5.23. The monoisotopic (exact) mass is 378 g/mol. The minimum atomic E-state index is -0.589. The number of carbonyl (C=O) groups is 1. The van der Waals surface area contributed by atoms with Gasteiger partial charge in [-0.2, -0.15) is 0 Å². The number of methoxy groups -OCH3 is 1. The summed E-state index contributed by atoms with van der Waals surface area (Å²) in [7, 11) is 1.67. The third-order valence-electron chi connectivity index (χ3n) is 6.78. The Bertz CT molecular complexity index is 900. The second kappa shape index (κ2) is 6.52. The molecule has 0 radical (unpaired) electrons. The van der Waals surface area contributed by atoms with Crippen LogP contribution in [0.15, 0.2) is 48.5 Å². The first-order valence-electron chi connectivity index (χ1n) is 10.1. The topological polar surface area (TPSA) is 50.8 Å². The minimum absolute atomic E-state index is 0.0827. The van der Waals surface area contributed by atoms with Gasteiger partial charge in [0.15, 0.2) is 5.72 Å². The fourth-order valence-electron chi connectivity index (χ4n) is 5.23. The lowest BCUT2D eigenvalue weighted by Gasteiger charge is -2.56. The maximum atomic E-state index is 12.5. The number of benzene rings is 2. The van der Waals surface area contributed by atoms with Gasteiger partial charge in [0.25, 0.3) is 0 Å². The molecule has 5 nitrogen and oxygen atoms in total. The van der Waals surface area contributed by atoms with Crippen LogP contribution in [0, 0.1) is 5.92 Å². The van der Waals surface area contributed by atoms with Gasteiger partial charge in [0, 0.05) is 49.4 Å². The van der Waals surface area contributed by atoms with Gasteiger partial charge >= 0.3 is 0 Å². The Morgan fingerprint density at radius 3 is 2.86 bits per heavy atom. The Morgan fingerprint density at radius 2 is 2.07 bits per heavy atom. The molecule has 146 valence electrons. The minimum Gasteiger partial charge on any atom is -0.497 e. The molecular formula is C23H26N2O3. The highest BCUT2D eigenvalue weighted by Crippen LogP contribution is 2.52. The molecule has 0 spiro atoms. The van der Waals surface area contributed by atoms with Crippen molar-refractivity contribution in [2.24, 2.45) is 5.92 Å². The Morgan fingerprint density at radius 1 is 1.25 bits per heavy atom. The lowest BCUT2D eigenvalue weighted by molar-refractivity contribution is -0.154. The van der Waals surface area contributed by atoms with Crippen LogP contribution in [0.1, 0.15) is 42.9 Å². The molecule has 28 heavy (non-hydrogen) atoms. The normalized spacial score (nSPS) is 29.7. The van der Waals surface area contributed by atoms with Gasteiger partial charge in [-0.25, -0.2) is 0 Å². The number of piperidine rings is 2. The average molecular weight is 378 g/mol. The van der Waals surface area contributed by atoms with E-state index in [1.54, 1.807) is 7.11 Å². The Hall–Kier alpha value is -2.53. The highest BCUT2D eigenvalue weighted by atomic mass is 16.5. The standard InChI is InChI=1S/C23H26N2O3/c1-15(16-6-4-3-5-7-16)25-11-10-23-20(14-25)18(13-22(26)24-23)19-12-17(27-2)8-9-21(19)28-23/h3-9,12,15,18,20H,10-11,13-14H2,1-2H3,(H,24,26)/t15-,18-,20+,23+/m0/s1. The first-order valence-corrected chi connectivity index (χ1v) is 10.1. The van der Waals surface area contributed by atoms with E-state index in [1.165, 1.54) is 5.56 Å². The molecule has 3 aliphatic heterocycles. The van der Waals surface area contributed by atoms with Gasteiger partial charge in [0.05, 0.1) is 7.11 Å². The third-order valence-corrected chi connectivity index (χ3v) is 6.78. The van der Waals surface area contributed by atoms with Gasteiger partial charge < -0.3 is 14.8 Å². The van der Waals surface area contributed by atoms with Crippen LogP contribution in [0.3, 0.4) is 0 Å². The lowest BCUT2D eigenvalue weighted by Crippen LogP contribution is -2.70. The van der Waals surface area contributed by atoms with Crippen LogP contribution in [0.2, 0.25) is 0 Å². The number of ether oxygens (including phenoxy) is 2. The second-order valence-corrected chi connectivity index (χ2v) is 8.19. The molecule has 2 bridgehead atoms. The van der Waals surface area contributed by atoms with Crippen LogP contribution in [0.25, 0.3) is 0 Å². The smallest absolute Gasteiger partial charge is 0.223 e. The number of amides is 1. The van der Waals surface area contributed by atoms with E-state index in [4.69, 9.17) is 9.47 Å². The zero-order chi connectivity index (χ0) is 19.3. The molecule has 0 aromatic heterocycles. The lowest BCUT2D eigenvalue weighted by atomic mass is 9.69. The summed E-state index contributed by atoms with van der Waals surface area (Å²) in [6.07, 6.45) is 1.30. The van der Waals surface area contributed by atoms with Crippen LogP contribution >= 0.6 is 0 Å². The fraction of sp³-hybridized carbons (Fsp3) is 0.435. The van der Waals surface area contributed by atoms with Crippen LogP contribution in [0.5, 0.6) is 11.5 Å². The molecule has 2 saturated heterocycles. The van der Waals surface area contributed by atoms with E-state index >= 15 is 0 Å². The Labute approximate surface area is 165 Å². The number of rotatable bonds is 3. The second-order valence-electron chi connectivity index (χ2n) is 8.19. The third kappa shape index (κ3) is 2.68. The quantitative estimate of drug-likeness (QED) is 0.889. The molecule has 5 rings (SSSR count). The summed E-state index contributed by atoms with van der Waals surface area (Å²) in [6.45, 7) is 4.06. The first kappa shape index (κ1) is 17.6. The molecule has 4 atom stereocenters. The van der Waals surface area contributed by atoms with Crippen molar-refractivity contribution in [3.05, 3.63) is 59.7 Å². The highest BCUT2D eigenvalue weighted by molar-refractivity contribution is 5.80. The van der Waals surface area contributed by atoms with Crippen LogP contribution in [-0.2, 0) is 4.79 Å². The predicted molar refractivity (Wildman–Crippen MR) is 106 cm³/mol. The molecule has 1 N–H and O–H groups in total. The number of carbonyl (C=O) groups excluding carboxylic acids is 1. The maximum Gasteiger partial charge on any atom is 0.223 e. The van der Waals surface area contributed by atoms with Crippen molar-refractivity contribution in [1.29, 1.82) is 0 Å². The summed E-state index contributed by atoms with van der Waals surface area (Å²) in [5.74, 6) is 2.15. The molecule has 0 aliphatic carbocycles. The van der Waals surface area contributed by atoms with E-state index in [-0.39, 0.29) is 17.7 Å². The number of nitrogens with one attached hydrogen (secondary N) is 1. The van der Waals surface area contributed by atoms with Crippen molar-refractivity contribution in [1.82, 2.24) is 10.2 Å². The van der Waals surface area contributed by atoms with E-state index < -0.39 is 5.72 Å². The van der Waals surface area contributed by atoms with Crippen molar-refractivity contribution in [3.63, 3.8) is 0 Å². The van der Waals surface area contributed by atoms with Gasteiger partial charge in [-0.3, -0.25) is 9.69 Å². The first-order chi connectivity index (χ1) is 13.6. The van der Waals surface area contributed by atoms with Crippen molar-refractivity contribution < 1.29 is 14.3 Å². The van der Waals surface area contributed by atoms with Gasteiger partial charge in [0.2, 0.25) is 5.91 Å². The SMILES string of the molecule is COc1ccc2c(c1)[C@@H]1CC(=O)N[C@]3(CCN([C@@H](C)c4ccccc4)C[C@H]13)O2. The molecule has 5 heteroatoms. The van der Waals surface area contributed by atoms with Crippen molar-refractivity contribution >= 4 is 5.91 Å². The average Bonchev–Trinajstić information content (AvgIpc) is 2.72. The van der Waals surface area contributed by atoms with Crippen LogP contribution in [0.4, 0.5) is 0 Å². The summed E-state index contributed by atoms with van der Waals surface area (Å²) in [6, 6.07) is 16.9. The summed E-state index contributed by atoms with van der Waals surface area (Å²) < 4.78 is 11.9. The van der Waals surface area contributed by atoms with Gasteiger partial charge in [-0.1, -0.05) is 30.3 Å². The zero-order valence-electron chi connectivity index (χ0n) is 16.4. The number of hydrogen-bond acceptors (Lipinski definition) is 4. The molecule has 3 heterocycles. The summed E-state index contributed by atoms with van der Waals surface area (Å²) in [4.78, 5) is 15.0. The highest BCUT2D eigenvalue weighted by Gasteiger charge is 2.57. The number of likely N-dealkylation sites (tertiary alicyclic amines) is 1. The van der Waals surface area contributed by atoms with Crippen molar-refractivity contribution in [3.8, 4) is 11.5 Å². The molecule has 2 fully saturated rings. The van der Waals surface area contributed by atoms with E-state index in [0.717, 1.165) is 36.6 Å². The van der Waals surface area contributed by atoms with E-state index in [9.17, 15) is 4.79 Å². The number of fused-ring (bicyclic) bond motifs is 2. The summed E-state index contributed by atoms with van der Waals surface area (Å²) in [5, 5.41) is 3.21. The van der Waals surface area contributed by atoms with Crippen molar-refractivity contribution in [2.75, 3.05) is 20.2 Å². The Balaban J connectivity index is 1.49. The Kier molecular flexibility index (Phi) is 4.09. The molecule has 0 unspecified atom stereocenters. The maximum absolute atomic E-state index is 12.5. The molecule has 3 aliphatic rings. The van der Waals surface area contributed by atoms with Crippen LogP contribution < -0.4 is 14.8 Å². The van der Waals surface area contributed by atoms with Crippen LogP contribution in [-0.4, -0.2) is 36.7 Å². The van der Waals surface area contributed by atoms with Gasteiger partial charge in [0.1, 0.15) is 11.5 Å². The zero-order valence-corrected chi connectivity index (χ0v) is 16.4. The van der Waals surface area contributed by atoms with E-state index in [0.29, 0.717) is 12.5 Å². The van der Waals surface area contributed by atoms with Gasteiger partial charge in [-0.05, 0) is 30.7 Å². The molecule has 1 amide bonds. The summed E-state index contributed by atoms with van der Waals surface area (Å²) in [5.41, 5.74) is 1.84. The number of hydrogen-bond donors (Lipinski definition) is 1. The molecule has 2 aromatic carbocycles. The van der Waals surface area contributed by atoms with E-state index in [1.807, 2.05) is 18.2 Å². The molecular weight excluding hydrogens is 352 g/mol. The largest absolute Gasteiger partial charge is 0.497 e. The van der Waals surface area contributed by atoms with E-state index in [2.05, 4.69) is 47.5 Å². The molecule has 0 saturated carbocycles. The summed E-state index contributed by atoms with van der Waals surface area (Å²) >= 11 is 0. The number of nitrogens with zero attached hydrogens (tertiary/aromatic N) is 1. The van der Waals surface area contributed by atoms with Crippen molar-refractivity contribution in [2.45, 2.75) is 37.5 Å². The van der Waals surface area contributed by atoms with Gasteiger partial charge in [-0.15, -0.1) is 0 Å². The predicted octanol–water partition coefficient (Wildman–Crippen LogP) is 3.47.